The Hall–Kier alpha value is -0.710. The molecule has 0 radical (unpaired) electrons. The van der Waals surface area contributed by atoms with Crippen molar-refractivity contribution in [1.82, 2.24) is 4.98 Å². The number of hydrogen-bond acceptors (Lipinski definition) is 4. The monoisotopic (exact) mass is 238 g/mol. The number of nitrogens with zero attached hydrogens (tertiary/aromatic N) is 1. The molecule has 2 rings (SSSR count). The van der Waals surface area contributed by atoms with Crippen molar-refractivity contribution in [2.45, 2.75) is 25.8 Å². The second-order valence-electron chi connectivity index (χ2n) is 3.57. The van der Waals surface area contributed by atoms with Gasteiger partial charge in [0.15, 0.2) is 0 Å². The number of aromatic nitrogens is 1. The fraction of sp³-hybridized carbons (Fsp3) is 0.364. The molecule has 0 amide bonds. The average molecular weight is 238 g/mol. The highest BCUT2D eigenvalue weighted by atomic mass is 32.1. The van der Waals surface area contributed by atoms with E-state index in [4.69, 9.17) is 5.73 Å². The predicted octanol–water partition coefficient (Wildman–Crippen LogP) is 3.15. The standard InChI is InChI=1S/C11H14N2S2/c1-8-13-11(7-15-8)10(12)3-2-9-4-5-14-6-9/h4-7,10H,2-3,12H2,1H3. The van der Waals surface area contributed by atoms with E-state index in [2.05, 4.69) is 27.2 Å². The van der Waals surface area contributed by atoms with Crippen molar-refractivity contribution < 1.29 is 0 Å². The van der Waals surface area contributed by atoms with Crippen molar-refractivity contribution in [3.8, 4) is 0 Å². The molecule has 0 fully saturated rings. The van der Waals surface area contributed by atoms with Crippen LogP contribution in [0.3, 0.4) is 0 Å². The van der Waals surface area contributed by atoms with E-state index in [1.807, 2.05) is 6.92 Å². The maximum Gasteiger partial charge on any atom is 0.0898 e. The SMILES string of the molecule is Cc1nc(C(N)CCc2ccsc2)cs1. The lowest BCUT2D eigenvalue weighted by atomic mass is 10.1. The summed E-state index contributed by atoms with van der Waals surface area (Å²) in [5.41, 5.74) is 8.48. The van der Waals surface area contributed by atoms with E-state index >= 15 is 0 Å². The molecule has 15 heavy (non-hydrogen) atoms. The third-order valence-electron chi connectivity index (χ3n) is 2.34. The van der Waals surface area contributed by atoms with Crippen molar-refractivity contribution in [3.05, 3.63) is 38.5 Å². The van der Waals surface area contributed by atoms with Crippen LogP contribution in [0.1, 0.15) is 28.7 Å². The molecule has 1 atom stereocenters. The van der Waals surface area contributed by atoms with Crippen LogP contribution in [0.25, 0.3) is 0 Å². The van der Waals surface area contributed by atoms with Crippen LogP contribution in [-0.2, 0) is 6.42 Å². The molecular formula is C11H14N2S2. The molecule has 0 aliphatic carbocycles. The van der Waals surface area contributed by atoms with E-state index in [1.54, 1.807) is 22.7 Å². The lowest BCUT2D eigenvalue weighted by Gasteiger charge is -2.07. The van der Waals surface area contributed by atoms with Gasteiger partial charge >= 0.3 is 0 Å². The van der Waals surface area contributed by atoms with Gasteiger partial charge in [-0.2, -0.15) is 11.3 Å². The zero-order chi connectivity index (χ0) is 10.7. The van der Waals surface area contributed by atoms with Crippen LogP contribution in [0, 0.1) is 6.92 Å². The Kier molecular flexibility index (Phi) is 3.51. The fourth-order valence-corrected chi connectivity index (χ4v) is 2.84. The van der Waals surface area contributed by atoms with Crippen LogP contribution >= 0.6 is 22.7 Å². The normalized spacial score (nSPS) is 12.9. The minimum Gasteiger partial charge on any atom is -0.323 e. The van der Waals surface area contributed by atoms with E-state index in [0.717, 1.165) is 23.5 Å². The zero-order valence-corrected chi connectivity index (χ0v) is 10.3. The predicted molar refractivity (Wildman–Crippen MR) is 66.4 cm³/mol. The van der Waals surface area contributed by atoms with Gasteiger partial charge in [0.2, 0.25) is 0 Å². The summed E-state index contributed by atoms with van der Waals surface area (Å²) < 4.78 is 0. The minimum atomic E-state index is 0.0786. The largest absolute Gasteiger partial charge is 0.323 e. The van der Waals surface area contributed by atoms with Gasteiger partial charge in [-0.05, 0) is 42.2 Å². The maximum atomic E-state index is 6.07. The fourth-order valence-electron chi connectivity index (χ4n) is 1.46. The first-order chi connectivity index (χ1) is 7.25. The maximum absolute atomic E-state index is 6.07. The Morgan fingerprint density at radius 2 is 2.33 bits per heavy atom. The Bertz CT molecular complexity index is 406. The summed E-state index contributed by atoms with van der Waals surface area (Å²) in [6.45, 7) is 2.01. The number of rotatable bonds is 4. The molecule has 2 aromatic heterocycles. The lowest BCUT2D eigenvalue weighted by Crippen LogP contribution is -2.11. The van der Waals surface area contributed by atoms with Crippen molar-refractivity contribution in [2.75, 3.05) is 0 Å². The summed E-state index contributed by atoms with van der Waals surface area (Å²) >= 11 is 3.40. The van der Waals surface area contributed by atoms with Gasteiger partial charge in [0.25, 0.3) is 0 Å². The van der Waals surface area contributed by atoms with E-state index < -0.39 is 0 Å². The van der Waals surface area contributed by atoms with Gasteiger partial charge in [0.1, 0.15) is 0 Å². The van der Waals surface area contributed by atoms with Crippen molar-refractivity contribution in [1.29, 1.82) is 0 Å². The van der Waals surface area contributed by atoms with Crippen LogP contribution in [0.2, 0.25) is 0 Å². The summed E-state index contributed by atoms with van der Waals surface area (Å²) in [5, 5.41) is 7.44. The summed E-state index contributed by atoms with van der Waals surface area (Å²) in [7, 11) is 0. The third-order valence-corrected chi connectivity index (χ3v) is 3.86. The number of nitrogens with two attached hydrogens (primary N) is 1. The van der Waals surface area contributed by atoms with Crippen molar-refractivity contribution >= 4 is 22.7 Å². The molecule has 0 aliphatic rings. The molecule has 0 saturated carbocycles. The Balaban J connectivity index is 1.90. The van der Waals surface area contributed by atoms with Gasteiger partial charge in [-0.3, -0.25) is 0 Å². The molecule has 0 aromatic carbocycles. The molecule has 2 N–H and O–H groups in total. The zero-order valence-electron chi connectivity index (χ0n) is 8.64. The smallest absolute Gasteiger partial charge is 0.0898 e. The van der Waals surface area contributed by atoms with Crippen LogP contribution in [0.15, 0.2) is 22.2 Å². The first-order valence-electron chi connectivity index (χ1n) is 4.94. The summed E-state index contributed by atoms with van der Waals surface area (Å²) in [6, 6.07) is 2.23. The van der Waals surface area contributed by atoms with Crippen LogP contribution in [0.4, 0.5) is 0 Å². The molecule has 80 valence electrons. The molecular weight excluding hydrogens is 224 g/mol. The molecule has 0 spiro atoms. The lowest BCUT2D eigenvalue weighted by molar-refractivity contribution is 0.637. The summed E-state index contributed by atoms with van der Waals surface area (Å²) in [5.74, 6) is 0. The molecule has 2 aromatic rings. The molecule has 4 heteroatoms. The Morgan fingerprint density at radius 3 is 2.93 bits per heavy atom. The Labute approximate surface area is 97.8 Å². The molecule has 0 bridgehead atoms. The van der Waals surface area contributed by atoms with Gasteiger partial charge in [-0.1, -0.05) is 0 Å². The van der Waals surface area contributed by atoms with E-state index in [1.165, 1.54) is 5.56 Å². The quantitative estimate of drug-likeness (QED) is 0.888. The topological polar surface area (TPSA) is 38.9 Å². The van der Waals surface area contributed by atoms with Crippen LogP contribution in [-0.4, -0.2) is 4.98 Å². The van der Waals surface area contributed by atoms with Gasteiger partial charge in [-0.15, -0.1) is 11.3 Å². The van der Waals surface area contributed by atoms with Gasteiger partial charge in [0, 0.05) is 11.4 Å². The summed E-state index contributed by atoms with van der Waals surface area (Å²) in [6.07, 6.45) is 2.02. The average Bonchev–Trinajstić information content (AvgIpc) is 2.84. The van der Waals surface area contributed by atoms with Gasteiger partial charge in [-0.25, -0.2) is 4.98 Å². The Morgan fingerprint density at radius 1 is 1.47 bits per heavy atom. The number of aryl methyl sites for hydroxylation is 2. The summed E-state index contributed by atoms with van der Waals surface area (Å²) in [4.78, 5) is 4.41. The van der Waals surface area contributed by atoms with Crippen molar-refractivity contribution in [3.63, 3.8) is 0 Å². The second-order valence-corrected chi connectivity index (χ2v) is 5.41. The number of thiazole rings is 1. The van der Waals surface area contributed by atoms with E-state index in [0.29, 0.717) is 0 Å². The van der Waals surface area contributed by atoms with Crippen LogP contribution in [0.5, 0.6) is 0 Å². The van der Waals surface area contributed by atoms with Crippen molar-refractivity contribution in [2.24, 2.45) is 5.73 Å². The second kappa shape index (κ2) is 4.88. The third kappa shape index (κ3) is 2.87. The van der Waals surface area contributed by atoms with Gasteiger partial charge < -0.3 is 5.73 Å². The highest BCUT2D eigenvalue weighted by molar-refractivity contribution is 7.09. The first kappa shape index (κ1) is 10.8. The van der Waals surface area contributed by atoms with E-state index in [9.17, 15) is 0 Å². The molecule has 0 saturated heterocycles. The van der Waals surface area contributed by atoms with Crippen LogP contribution < -0.4 is 5.73 Å². The highest BCUT2D eigenvalue weighted by Gasteiger charge is 2.09. The highest BCUT2D eigenvalue weighted by Crippen LogP contribution is 2.19. The minimum absolute atomic E-state index is 0.0786. The molecule has 2 heterocycles. The molecule has 1 unspecified atom stereocenters. The molecule has 2 nitrogen and oxygen atoms in total. The molecule has 0 aliphatic heterocycles. The van der Waals surface area contributed by atoms with Gasteiger partial charge in [0.05, 0.1) is 10.7 Å². The number of hydrogen-bond donors (Lipinski definition) is 1. The van der Waals surface area contributed by atoms with E-state index in [-0.39, 0.29) is 6.04 Å². The first-order valence-corrected chi connectivity index (χ1v) is 6.76. The number of thiophene rings is 1.